The smallest absolute Gasteiger partial charge is 0.336 e. The molecule has 0 saturated carbocycles. The Kier molecular flexibility index (Phi) is 4.06. The number of carboxylic acid groups (broad SMARTS) is 1. The molecule has 1 N–H and O–H groups in total. The molecule has 1 aromatic heterocycles. The van der Waals surface area contributed by atoms with Crippen LogP contribution in [0.3, 0.4) is 0 Å². The van der Waals surface area contributed by atoms with Gasteiger partial charge in [-0.25, -0.2) is 4.79 Å². The lowest BCUT2D eigenvalue weighted by atomic mass is 10.1. The van der Waals surface area contributed by atoms with E-state index in [-0.39, 0.29) is 5.56 Å². The van der Waals surface area contributed by atoms with Gasteiger partial charge in [0, 0.05) is 29.9 Å². The van der Waals surface area contributed by atoms with Crippen LogP contribution in [0.4, 0.5) is 5.69 Å². The molecule has 4 heteroatoms. The van der Waals surface area contributed by atoms with E-state index in [2.05, 4.69) is 4.99 Å². The summed E-state index contributed by atoms with van der Waals surface area (Å²) in [6.45, 7) is 1.77. The highest BCUT2D eigenvalue weighted by Crippen LogP contribution is 2.22. The predicted molar refractivity (Wildman–Crippen MR) is 91.2 cm³/mol. The second-order valence-electron chi connectivity index (χ2n) is 5.20. The van der Waals surface area contributed by atoms with Crippen LogP contribution in [0, 0.1) is 6.92 Å². The lowest BCUT2D eigenvalue weighted by Gasteiger charge is -2.03. The van der Waals surface area contributed by atoms with Crippen LogP contribution in [0.15, 0.2) is 72.0 Å². The first-order valence-corrected chi connectivity index (χ1v) is 7.25. The normalized spacial score (nSPS) is 11.0. The Bertz CT molecular complexity index is 864. The number of carboxylic acids is 1. The first-order valence-electron chi connectivity index (χ1n) is 7.25. The van der Waals surface area contributed by atoms with E-state index in [4.69, 9.17) is 5.11 Å². The maximum Gasteiger partial charge on any atom is 0.336 e. The number of hydrogen-bond acceptors (Lipinski definition) is 2. The molecule has 0 fully saturated rings. The maximum absolute atomic E-state index is 11.2. The number of nitrogens with zero attached hydrogens (tertiary/aromatic N) is 2. The van der Waals surface area contributed by atoms with E-state index in [1.165, 1.54) is 0 Å². The van der Waals surface area contributed by atoms with Crippen LogP contribution in [-0.2, 0) is 0 Å². The number of hydrogen-bond donors (Lipinski definition) is 1. The van der Waals surface area contributed by atoms with Crippen molar-refractivity contribution in [2.24, 2.45) is 4.99 Å². The highest BCUT2D eigenvalue weighted by atomic mass is 16.4. The molecule has 3 aromatic rings. The van der Waals surface area contributed by atoms with Crippen LogP contribution >= 0.6 is 0 Å². The summed E-state index contributed by atoms with van der Waals surface area (Å²) >= 11 is 0. The van der Waals surface area contributed by atoms with Crippen molar-refractivity contribution in [2.45, 2.75) is 6.92 Å². The summed E-state index contributed by atoms with van der Waals surface area (Å²) in [5.41, 5.74) is 3.64. The summed E-state index contributed by atoms with van der Waals surface area (Å²) in [5, 5.41) is 9.15. The molecule has 0 amide bonds. The Balaban J connectivity index is 1.86. The fourth-order valence-electron chi connectivity index (χ4n) is 2.39. The van der Waals surface area contributed by atoms with Gasteiger partial charge in [-0.15, -0.1) is 0 Å². The van der Waals surface area contributed by atoms with Gasteiger partial charge in [0.05, 0.1) is 11.3 Å². The van der Waals surface area contributed by atoms with Gasteiger partial charge in [-0.1, -0.05) is 24.3 Å². The van der Waals surface area contributed by atoms with E-state index >= 15 is 0 Å². The number of carbonyl (C=O) groups is 1. The van der Waals surface area contributed by atoms with Gasteiger partial charge in [-0.2, -0.15) is 0 Å². The summed E-state index contributed by atoms with van der Waals surface area (Å²) in [6.07, 6.45) is 5.69. The van der Waals surface area contributed by atoms with Gasteiger partial charge in [-0.3, -0.25) is 4.99 Å². The highest BCUT2D eigenvalue weighted by molar-refractivity contribution is 5.91. The van der Waals surface area contributed by atoms with Crippen molar-refractivity contribution in [2.75, 3.05) is 0 Å². The molecule has 0 aliphatic rings. The van der Waals surface area contributed by atoms with Crippen LogP contribution < -0.4 is 0 Å². The molecule has 2 aromatic carbocycles. The molecule has 4 nitrogen and oxygen atoms in total. The molecule has 23 heavy (non-hydrogen) atoms. The van der Waals surface area contributed by atoms with Crippen molar-refractivity contribution in [3.8, 4) is 5.69 Å². The molecule has 3 rings (SSSR count). The molecule has 0 unspecified atom stereocenters. The summed E-state index contributed by atoms with van der Waals surface area (Å²) in [4.78, 5) is 15.6. The largest absolute Gasteiger partial charge is 0.478 e. The Morgan fingerprint density at radius 1 is 1.09 bits per heavy atom. The van der Waals surface area contributed by atoms with Gasteiger partial charge >= 0.3 is 5.97 Å². The van der Waals surface area contributed by atoms with Crippen LogP contribution in [0.2, 0.25) is 0 Å². The monoisotopic (exact) mass is 304 g/mol. The minimum atomic E-state index is -0.935. The topological polar surface area (TPSA) is 54.6 Å². The van der Waals surface area contributed by atoms with E-state index in [0.29, 0.717) is 11.3 Å². The van der Waals surface area contributed by atoms with Crippen molar-refractivity contribution < 1.29 is 9.90 Å². The van der Waals surface area contributed by atoms with Crippen LogP contribution in [0.25, 0.3) is 5.69 Å². The van der Waals surface area contributed by atoms with Gasteiger partial charge in [0.2, 0.25) is 0 Å². The van der Waals surface area contributed by atoms with Gasteiger partial charge in [0.1, 0.15) is 0 Å². The van der Waals surface area contributed by atoms with Gasteiger partial charge in [-0.05, 0) is 42.8 Å². The minimum absolute atomic E-state index is 0.279. The number of aromatic carboxylic acids is 1. The van der Waals surface area contributed by atoms with Crippen molar-refractivity contribution in [1.82, 2.24) is 4.57 Å². The van der Waals surface area contributed by atoms with Crippen molar-refractivity contribution in [3.63, 3.8) is 0 Å². The summed E-state index contributed by atoms with van der Waals surface area (Å²) < 4.78 is 2.02. The van der Waals surface area contributed by atoms with Gasteiger partial charge in [0.15, 0.2) is 0 Å². The number of aromatic nitrogens is 1. The van der Waals surface area contributed by atoms with Crippen molar-refractivity contribution >= 4 is 17.9 Å². The van der Waals surface area contributed by atoms with Crippen molar-refractivity contribution in [1.29, 1.82) is 0 Å². The highest BCUT2D eigenvalue weighted by Gasteiger charge is 2.09. The van der Waals surface area contributed by atoms with Crippen molar-refractivity contribution in [3.05, 3.63) is 83.7 Å². The van der Waals surface area contributed by atoms with Gasteiger partial charge in [0.25, 0.3) is 0 Å². The quantitative estimate of drug-likeness (QED) is 0.733. The fourth-order valence-corrected chi connectivity index (χ4v) is 2.39. The Morgan fingerprint density at radius 2 is 1.87 bits per heavy atom. The molecule has 1 heterocycles. The lowest BCUT2D eigenvalue weighted by molar-refractivity contribution is 0.0696. The predicted octanol–water partition coefficient (Wildman–Crippen LogP) is 4.23. The van der Waals surface area contributed by atoms with Gasteiger partial charge < -0.3 is 9.67 Å². The molecule has 114 valence electrons. The van der Waals surface area contributed by atoms with E-state index in [1.807, 2.05) is 59.4 Å². The average Bonchev–Trinajstić information content (AvgIpc) is 3.03. The summed E-state index contributed by atoms with van der Waals surface area (Å²) in [7, 11) is 0. The SMILES string of the molecule is Cc1c(N=Cc2ccn(-c3ccccc3)c2)cccc1C(=O)O. The second-order valence-corrected chi connectivity index (χ2v) is 5.20. The van der Waals surface area contributed by atoms with E-state index in [0.717, 1.165) is 11.3 Å². The minimum Gasteiger partial charge on any atom is -0.478 e. The molecule has 0 aliphatic carbocycles. The molecular weight excluding hydrogens is 288 g/mol. The first-order chi connectivity index (χ1) is 11.1. The maximum atomic E-state index is 11.2. The number of rotatable bonds is 4. The second kappa shape index (κ2) is 6.32. The number of para-hydroxylation sites is 1. The Morgan fingerprint density at radius 3 is 2.61 bits per heavy atom. The number of benzene rings is 2. The Labute approximate surface area is 134 Å². The fraction of sp³-hybridized carbons (Fsp3) is 0.0526. The molecule has 0 bridgehead atoms. The number of aliphatic imine (C=N–C) groups is 1. The standard InChI is InChI=1S/C19H16N2O2/c1-14-17(19(22)23)8-5-9-18(14)20-12-15-10-11-21(13-15)16-6-3-2-4-7-16/h2-13H,1H3,(H,22,23). The molecule has 0 radical (unpaired) electrons. The van der Waals surface area contributed by atoms with E-state index in [1.54, 1.807) is 25.3 Å². The zero-order valence-corrected chi connectivity index (χ0v) is 12.7. The van der Waals surface area contributed by atoms with Crippen LogP contribution in [0.5, 0.6) is 0 Å². The third kappa shape index (κ3) is 3.21. The molecule has 0 atom stereocenters. The van der Waals surface area contributed by atoms with E-state index < -0.39 is 5.97 Å². The molecular formula is C19H16N2O2. The van der Waals surface area contributed by atoms with Crippen LogP contribution in [0.1, 0.15) is 21.5 Å². The molecule has 0 spiro atoms. The third-order valence-electron chi connectivity index (χ3n) is 3.66. The summed E-state index contributed by atoms with van der Waals surface area (Å²) in [6, 6.07) is 17.1. The zero-order valence-electron chi connectivity index (χ0n) is 12.7. The Hall–Kier alpha value is -3.14. The third-order valence-corrected chi connectivity index (χ3v) is 3.66. The summed E-state index contributed by atoms with van der Waals surface area (Å²) in [5.74, 6) is -0.935. The lowest BCUT2D eigenvalue weighted by Crippen LogP contribution is -1.99. The van der Waals surface area contributed by atoms with Crippen LogP contribution in [-0.4, -0.2) is 21.9 Å². The molecule has 0 aliphatic heterocycles. The average molecular weight is 304 g/mol. The zero-order chi connectivity index (χ0) is 16.2. The first kappa shape index (κ1) is 14.8. The molecule has 0 saturated heterocycles. The van der Waals surface area contributed by atoms with E-state index in [9.17, 15) is 4.79 Å².